The molecule has 5 heteroatoms. The summed E-state index contributed by atoms with van der Waals surface area (Å²) in [5.41, 5.74) is 7.58. The summed E-state index contributed by atoms with van der Waals surface area (Å²) in [4.78, 5) is 14.1. The van der Waals surface area contributed by atoms with Gasteiger partial charge in [-0.2, -0.15) is 0 Å². The van der Waals surface area contributed by atoms with Gasteiger partial charge in [0.25, 0.3) is 0 Å². The van der Waals surface area contributed by atoms with Crippen molar-refractivity contribution in [1.29, 1.82) is 0 Å². The maximum Gasteiger partial charge on any atom is 0.410 e. The monoisotopic (exact) mass is 356 g/mol. The van der Waals surface area contributed by atoms with Crippen molar-refractivity contribution in [3.63, 3.8) is 0 Å². The summed E-state index contributed by atoms with van der Waals surface area (Å²) in [6.45, 7) is 6.11. The molecule has 0 spiro atoms. The van der Waals surface area contributed by atoms with Crippen molar-refractivity contribution in [1.82, 2.24) is 4.90 Å². The van der Waals surface area contributed by atoms with E-state index in [9.17, 15) is 9.90 Å². The van der Waals surface area contributed by atoms with Gasteiger partial charge in [-0.3, -0.25) is 0 Å². The van der Waals surface area contributed by atoms with Gasteiger partial charge in [-0.1, -0.05) is 42.5 Å². The van der Waals surface area contributed by atoms with Crippen molar-refractivity contribution >= 4 is 11.8 Å². The van der Waals surface area contributed by atoms with E-state index in [0.29, 0.717) is 24.2 Å². The highest BCUT2D eigenvalue weighted by atomic mass is 16.6. The van der Waals surface area contributed by atoms with Gasteiger partial charge in [-0.05, 0) is 50.5 Å². The molecule has 0 aliphatic heterocycles. The second-order valence-electron chi connectivity index (χ2n) is 7.34. The first-order chi connectivity index (χ1) is 12.2. The molecule has 0 radical (unpaired) electrons. The Morgan fingerprint density at radius 1 is 1.12 bits per heavy atom. The number of hydrogen-bond donors (Lipinski definition) is 2. The fourth-order valence-corrected chi connectivity index (χ4v) is 2.52. The lowest BCUT2D eigenvalue weighted by Gasteiger charge is -2.29. The Morgan fingerprint density at radius 3 is 2.31 bits per heavy atom. The molecule has 3 N–H and O–H groups in total. The Bertz CT molecular complexity index is 693. The van der Waals surface area contributed by atoms with E-state index < -0.39 is 17.8 Å². The van der Waals surface area contributed by atoms with Crippen molar-refractivity contribution in [3.8, 4) is 0 Å². The molecule has 0 aliphatic rings. The molecule has 0 aliphatic carbocycles. The van der Waals surface area contributed by atoms with Crippen LogP contribution < -0.4 is 5.73 Å². The van der Waals surface area contributed by atoms with E-state index in [1.807, 2.05) is 51.1 Å². The highest BCUT2D eigenvalue weighted by Crippen LogP contribution is 2.18. The zero-order chi connectivity index (χ0) is 19.2. The Balaban J connectivity index is 2.08. The second kappa shape index (κ2) is 8.72. The third kappa shape index (κ3) is 6.41. The van der Waals surface area contributed by atoms with Crippen LogP contribution >= 0.6 is 0 Å². The first-order valence-corrected chi connectivity index (χ1v) is 8.80. The molecule has 1 amide bonds. The predicted octanol–water partition coefficient (Wildman–Crippen LogP) is 3.78. The van der Waals surface area contributed by atoms with E-state index in [0.717, 1.165) is 5.56 Å². The molecule has 0 bridgehead atoms. The first-order valence-electron chi connectivity index (χ1n) is 8.80. The average molecular weight is 356 g/mol. The van der Waals surface area contributed by atoms with Gasteiger partial charge in [0.15, 0.2) is 0 Å². The van der Waals surface area contributed by atoms with E-state index in [4.69, 9.17) is 10.5 Å². The number of nitrogens with two attached hydrogens (primary N) is 1. The van der Waals surface area contributed by atoms with Crippen LogP contribution in [-0.2, 0) is 11.2 Å². The molecule has 0 fully saturated rings. The largest absolute Gasteiger partial charge is 0.444 e. The summed E-state index contributed by atoms with van der Waals surface area (Å²) in [5.74, 6) is 0. The second-order valence-corrected chi connectivity index (χ2v) is 7.34. The molecule has 0 saturated heterocycles. The first kappa shape index (κ1) is 19.8. The fraction of sp³-hybridized carbons (Fsp3) is 0.381. The van der Waals surface area contributed by atoms with Gasteiger partial charge in [-0.15, -0.1) is 0 Å². The third-order valence-electron chi connectivity index (χ3n) is 3.88. The maximum absolute atomic E-state index is 12.6. The number of aliphatic hydroxyl groups excluding tert-OH is 1. The lowest BCUT2D eigenvalue weighted by Crippen LogP contribution is -2.40. The number of benzene rings is 2. The van der Waals surface area contributed by atoms with E-state index in [1.54, 1.807) is 29.2 Å². The minimum absolute atomic E-state index is 0.158. The molecule has 5 nitrogen and oxygen atoms in total. The van der Waals surface area contributed by atoms with Gasteiger partial charge in [0.1, 0.15) is 5.60 Å². The van der Waals surface area contributed by atoms with Crippen LogP contribution in [0.3, 0.4) is 0 Å². The number of ether oxygens (including phenoxy) is 1. The van der Waals surface area contributed by atoms with E-state index in [2.05, 4.69) is 0 Å². The van der Waals surface area contributed by atoms with Crippen LogP contribution in [0.15, 0.2) is 54.6 Å². The SMILES string of the molecule is CC(C)(C)OC(=O)N(CCc1ccccc1)C[C@H](O)c1ccc(N)cc1. The van der Waals surface area contributed by atoms with E-state index in [1.165, 1.54) is 0 Å². The smallest absolute Gasteiger partial charge is 0.410 e. The van der Waals surface area contributed by atoms with Crippen LogP contribution in [0.25, 0.3) is 0 Å². The number of hydrogen-bond acceptors (Lipinski definition) is 4. The fourth-order valence-electron chi connectivity index (χ4n) is 2.52. The highest BCUT2D eigenvalue weighted by Gasteiger charge is 2.24. The average Bonchev–Trinajstić information content (AvgIpc) is 2.58. The standard InChI is InChI=1S/C21H28N2O3/c1-21(2,3)26-20(25)23(14-13-16-7-5-4-6-8-16)15-19(24)17-9-11-18(22)12-10-17/h4-12,19,24H,13-15,22H2,1-3H3/t19-/m0/s1. The number of nitrogens with zero attached hydrogens (tertiary/aromatic N) is 1. The lowest BCUT2D eigenvalue weighted by atomic mass is 10.1. The maximum atomic E-state index is 12.6. The van der Waals surface area contributed by atoms with Gasteiger partial charge in [0.05, 0.1) is 12.6 Å². The number of carbonyl (C=O) groups is 1. The molecule has 0 unspecified atom stereocenters. The van der Waals surface area contributed by atoms with Crippen LogP contribution in [0.2, 0.25) is 0 Å². The molecular formula is C21H28N2O3. The molecule has 2 aromatic rings. The molecule has 0 saturated carbocycles. The molecular weight excluding hydrogens is 328 g/mol. The topological polar surface area (TPSA) is 75.8 Å². The number of carbonyl (C=O) groups excluding carboxylic acids is 1. The van der Waals surface area contributed by atoms with Gasteiger partial charge < -0.3 is 20.5 Å². The summed E-state index contributed by atoms with van der Waals surface area (Å²) in [5, 5.41) is 10.5. The summed E-state index contributed by atoms with van der Waals surface area (Å²) >= 11 is 0. The normalized spacial score (nSPS) is 12.5. The van der Waals surface area contributed by atoms with Crippen molar-refractivity contribution in [3.05, 3.63) is 65.7 Å². The highest BCUT2D eigenvalue weighted by molar-refractivity contribution is 5.68. The van der Waals surface area contributed by atoms with Gasteiger partial charge in [0, 0.05) is 12.2 Å². The minimum Gasteiger partial charge on any atom is -0.444 e. The molecule has 2 rings (SSSR count). The number of amides is 1. The summed E-state index contributed by atoms with van der Waals surface area (Å²) in [6.07, 6.45) is -0.545. The van der Waals surface area contributed by atoms with Crippen LogP contribution in [-0.4, -0.2) is 34.8 Å². The summed E-state index contributed by atoms with van der Waals surface area (Å²) < 4.78 is 5.50. The number of anilines is 1. The zero-order valence-corrected chi connectivity index (χ0v) is 15.7. The van der Waals surface area contributed by atoms with Crippen molar-refractivity contribution in [2.75, 3.05) is 18.8 Å². The Labute approximate surface area is 155 Å². The summed E-state index contributed by atoms with van der Waals surface area (Å²) in [7, 11) is 0. The molecule has 2 aromatic carbocycles. The van der Waals surface area contributed by atoms with Crippen LogP contribution in [0, 0.1) is 0 Å². The van der Waals surface area contributed by atoms with Gasteiger partial charge in [0.2, 0.25) is 0 Å². The quantitative estimate of drug-likeness (QED) is 0.772. The molecule has 1 atom stereocenters. The number of nitrogen functional groups attached to an aromatic ring is 1. The van der Waals surface area contributed by atoms with Crippen LogP contribution in [0.5, 0.6) is 0 Å². The number of rotatable bonds is 6. The molecule has 0 aromatic heterocycles. The Morgan fingerprint density at radius 2 is 1.73 bits per heavy atom. The minimum atomic E-state index is -0.807. The third-order valence-corrected chi connectivity index (χ3v) is 3.88. The summed E-state index contributed by atoms with van der Waals surface area (Å²) in [6, 6.07) is 16.9. The van der Waals surface area contributed by atoms with E-state index in [-0.39, 0.29) is 6.54 Å². The Hall–Kier alpha value is -2.53. The molecule has 26 heavy (non-hydrogen) atoms. The van der Waals surface area contributed by atoms with Gasteiger partial charge in [-0.25, -0.2) is 4.79 Å². The van der Waals surface area contributed by atoms with Crippen molar-refractivity contribution < 1.29 is 14.6 Å². The van der Waals surface area contributed by atoms with Crippen molar-refractivity contribution in [2.24, 2.45) is 0 Å². The predicted molar refractivity (Wildman–Crippen MR) is 104 cm³/mol. The zero-order valence-electron chi connectivity index (χ0n) is 15.7. The molecule has 0 heterocycles. The number of aliphatic hydroxyl groups is 1. The van der Waals surface area contributed by atoms with E-state index >= 15 is 0 Å². The molecule has 140 valence electrons. The lowest BCUT2D eigenvalue weighted by molar-refractivity contribution is 0.0147. The van der Waals surface area contributed by atoms with Crippen molar-refractivity contribution in [2.45, 2.75) is 38.9 Å². The van der Waals surface area contributed by atoms with Crippen LogP contribution in [0.4, 0.5) is 10.5 Å². The Kier molecular flexibility index (Phi) is 6.64. The van der Waals surface area contributed by atoms with Crippen LogP contribution in [0.1, 0.15) is 38.0 Å². The van der Waals surface area contributed by atoms with Gasteiger partial charge >= 0.3 is 6.09 Å².